The summed E-state index contributed by atoms with van der Waals surface area (Å²) < 4.78 is 1.81. The van der Waals surface area contributed by atoms with Crippen molar-refractivity contribution in [3.05, 3.63) is 52.8 Å². The van der Waals surface area contributed by atoms with Crippen molar-refractivity contribution in [1.29, 1.82) is 0 Å². The van der Waals surface area contributed by atoms with Gasteiger partial charge in [0.25, 0.3) is 0 Å². The molecule has 1 aromatic heterocycles. The smallest absolute Gasteiger partial charge is 0.0522 e. The molecular weight excluding hydrogens is 210 g/mol. The lowest BCUT2D eigenvalue weighted by Crippen LogP contribution is -2.13. The van der Waals surface area contributed by atoms with Gasteiger partial charge in [-0.1, -0.05) is 18.2 Å². The Kier molecular flexibility index (Phi) is 3.29. The zero-order chi connectivity index (χ0) is 12.4. The summed E-state index contributed by atoms with van der Waals surface area (Å²) in [7, 11) is 1.92. The minimum absolute atomic E-state index is 0.0403. The van der Waals surface area contributed by atoms with Gasteiger partial charge < -0.3 is 5.73 Å². The van der Waals surface area contributed by atoms with Gasteiger partial charge in [-0.3, -0.25) is 4.68 Å². The molecule has 0 bridgehead atoms. The minimum Gasteiger partial charge on any atom is -0.324 e. The van der Waals surface area contributed by atoms with E-state index < -0.39 is 0 Å². The molecule has 0 saturated heterocycles. The first-order valence-electron chi connectivity index (χ1n) is 5.86. The van der Waals surface area contributed by atoms with Crippen LogP contribution in [0.3, 0.4) is 0 Å². The van der Waals surface area contributed by atoms with E-state index in [4.69, 9.17) is 5.73 Å². The zero-order valence-electron chi connectivity index (χ0n) is 10.6. The lowest BCUT2D eigenvalue weighted by atomic mass is 9.98. The van der Waals surface area contributed by atoms with Gasteiger partial charge in [-0.25, -0.2) is 0 Å². The lowest BCUT2D eigenvalue weighted by Gasteiger charge is -2.12. The second kappa shape index (κ2) is 4.72. The van der Waals surface area contributed by atoms with Crippen molar-refractivity contribution in [2.45, 2.75) is 26.3 Å². The van der Waals surface area contributed by atoms with Gasteiger partial charge in [0.15, 0.2) is 0 Å². The number of aryl methyl sites for hydroxylation is 3. The van der Waals surface area contributed by atoms with E-state index in [1.165, 1.54) is 22.3 Å². The van der Waals surface area contributed by atoms with Gasteiger partial charge in [0, 0.05) is 19.3 Å². The predicted octanol–water partition coefficient (Wildman–Crippen LogP) is 2.28. The molecule has 1 heterocycles. The maximum atomic E-state index is 6.22. The summed E-state index contributed by atoms with van der Waals surface area (Å²) in [5, 5.41) is 4.16. The highest BCUT2D eigenvalue weighted by molar-refractivity contribution is 5.32. The average molecular weight is 229 g/mol. The van der Waals surface area contributed by atoms with E-state index in [2.05, 4.69) is 37.1 Å². The van der Waals surface area contributed by atoms with Crippen LogP contribution in [0.15, 0.2) is 30.6 Å². The molecule has 1 unspecified atom stereocenters. The number of nitrogens with two attached hydrogens (primary N) is 1. The Balaban J connectivity index is 2.14. The molecule has 0 aliphatic rings. The third kappa shape index (κ3) is 2.74. The molecular formula is C14H19N3. The minimum atomic E-state index is 0.0403. The van der Waals surface area contributed by atoms with E-state index in [0.29, 0.717) is 0 Å². The molecule has 0 radical (unpaired) electrons. The molecule has 0 fully saturated rings. The van der Waals surface area contributed by atoms with Crippen LogP contribution in [0.1, 0.15) is 28.3 Å². The van der Waals surface area contributed by atoms with Gasteiger partial charge in [0.2, 0.25) is 0 Å². The van der Waals surface area contributed by atoms with Gasteiger partial charge in [-0.15, -0.1) is 0 Å². The summed E-state index contributed by atoms with van der Waals surface area (Å²) in [5.41, 5.74) is 11.2. The lowest BCUT2D eigenvalue weighted by molar-refractivity contribution is 0.718. The molecule has 3 heteroatoms. The number of nitrogens with zero attached hydrogens (tertiary/aromatic N) is 2. The molecule has 0 spiro atoms. The number of hydrogen-bond acceptors (Lipinski definition) is 2. The maximum Gasteiger partial charge on any atom is 0.0522 e. The summed E-state index contributed by atoms with van der Waals surface area (Å²) >= 11 is 0. The Labute approximate surface area is 102 Å². The van der Waals surface area contributed by atoms with Crippen molar-refractivity contribution in [3.63, 3.8) is 0 Å². The van der Waals surface area contributed by atoms with E-state index in [-0.39, 0.29) is 6.04 Å². The van der Waals surface area contributed by atoms with Crippen LogP contribution in [0.2, 0.25) is 0 Å². The predicted molar refractivity (Wildman–Crippen MR) is 69.8 cm³/mol. The molecule has 2 rings (SSSR count). The van der Waals surface area contributed by atoms with Crippen molar-refractivity contribution in [2.24, 2.45) is 12.8 Å². The molecule has 3 nitrogen and oxygen atoms in total. The second-order valence-corrected chi connectivity index (χ2v) is 4.68. The Hall–Kier alpha value is -1.61. The number of hydrogen-bond donors (Lipinski definition) is 1. The monoisotopic (exact) mass is 229 g/mol. The Bertz CT molecular complexity index is 514. The Morgan fingerprint density at radius 2 is 2.06 bits per heavy atom. The first kappa shape index (κ1) is 11.9. The Morgan fingerprint density at radius 3 is 2.65 bits per heavy atom. The summed E-state index contributed by atoms with van der Waals surface area (Å²) in [6.07, 6.45) is 4.72. The van der Waals surface area contributed by atoms with Gasteiger partial charge in [-0.05, 0) is 42.5 Å². The van der Waals surface area contributed by atoms with Crippen molar-refractivity contribution in [3.8, 4) is 0 Å². The van der Waals surface area contributed by atoms with E-state index in [9.17, 15) is 0 Å². The molecule has 90 valence electrons. The van der Waals surface area contributed by atoms with Crippen LogP contribution in [0, 0.1) is 13.8 Å². The molecule has 2 aromatic rings. The van der Waals surface area contributed by atoms with E-state index >= 15 is 0 Å². The summed E-state index contributed by atoms with van der Waals surface area (Å²) in [6, 6.07) is 6.46. The topological polar surface area (TPSA) is 43.8 Å². The van der Waals surface area contributed by atoms with E-state index in [0.717, 1.165) is 6.42 Å². The summed E-state index contributed by atoms with van der Waals surface area (Å²) in [4.78, 5) is 0. The number of rotatable bonds is 3. The van der Waals surface area contributed by atoms with Crippen LogP contribution < -0.4 is 5.73 Å². The second-order valence-electron chi connectivity index (χ2n) is 4.68. The highest BCUT2D eigenvalue weighted by atomic mass is 15.2. The van der Waals surface area contributed by atoms with Crippen molar-refractivity contribution in [2.75, 3.05) is 0 Å². The van der Waals surface area contributed by atoms with Crippen molar-refractivity contribution >= 4 is 0 Å². The van der Waals surface area contributed by atoms with Crippen LogP contribution in [-0.4, -0.2) is 9.78 Å². The quantitative estimate of drug-likeness (QED) is 0.877. The van der Waals surface area contributed by atoms with Gasteiger partial charge in [0.05, 0.1) is 6.20 Å². The molecule has 0 aliphatic carbocycles. The third-order valence-electron chi connectivity index (χ3n) is 3.17. The van der Waals surface area contributed by atoms with Crippen LogP contribution in [0.5, 0.6) is 0 Å². The third-order valence-corrected chi connectivity index (χ3v) is 3.17. The molecule has 2 N–H and O–H groups in total. The molecule has 0 amide bonds. The fourth-order valence-corrected chi connectivity index (χ4v) is 1.94. The number of benzene rings is 1. The van der Waals surface area contributed by atoms with Crippen LogP contribution in [-0.2, 0) is 13.5 Å². The highest BCUT2D eigenvalue weighted by Crippen LogP contribution is 2.18. The van der Waals surface area contributed by atoms with Crippen LogP contribution >= 0.6 is 0 Å². The zero-order valence-corrected chi connectivity index (χ0v) is 10.6. The molecule has 0 aliphatic heterocycles. The molecule has 17 heavy (non-hydrogen) atoms. The van der Waals surface area contributed by atoms with Crippen molar-refractivity contribution < 1.29 is 0 Å². The molecule has 1 atom stereocenters. The van der Waals surface area contributed by atoms with Crippen molar-refractivity contribution in [1.82, 2.24) is 9.78 Å². The number of aromatic nitrogens is 2. The van der Waals surface area contributed by atoms with Crippen LogP contribution in [0.4, 0.5) is 0 Å². The molecule has 0 saturated carbocycles. The first-order valence-corrected chi connectivity index (χ1v) is 5.86. The van der Waals surface area contributed by atoms with E-state index in [1.807, 2.05) is 24.1 Å². The van der Waals surface area contributed by atoms with Gasteiger partial charge >= 0.3 is 0 Å². The SMILES string of the molecule is Cc1ccc(C(N)Cc2cnn(C)c2)cc1C. The van der Waals surface area contributed by atoms with Gasteiger partial charge in [-0.2, -0.15) is 5.10 Å². The van der Waals surface area contributed by atoms with E-state index in [1.54, 1.807) is 0 Å². The first-order chi connectivity index (χ1) is 8.06. The normalized spacial score (nSPS) is 12.7. The average Bonchev–Trinajstić information content (AvgIpc) is 2.68. The van der Waals surface area contributed by atoms with Gasteiger partial charge in [0.1, 0.15) is 0 Å². The summed E-state index contributed by atoms with van der Waals surface area (Å²) in [6.45, 7) is 4.24. The maximum absolute atomic E-state index is 6.22. The Morgan fingerprint density at radius 1 is 1.29 bits per heavy atom. The van der Waals surface area contributed by atoms with Crippen LogP contribution in [0.25, 0.3) is 0 Å². The standard InChI is InChI=1S/C14H19N3/c1-10-4-5-13(6-11(10)2)14(15)7-12-8-16-17(3)9-12/h4-6,8-9,14H,7,15H2,1-3H3. The fraction of sp³-hybridized carbons (Fsp3) is 0.357. The largest absolute Gasteiger partial charge is 0.324 e. The highest BCUT2D eigenvalue weighted by Gasteiger charge is 2.09. The summed E-state index contributed by atoms with van der Waals surface area (Å²) in [5.74, 6) is 0. The fourth-order valence-electron chi connectivity index (χ4n) is 1.94. The molecule has 1 aromatic carbocycles.